The first kappa shape index (κ1) is 16.0. The number of nitrogens with one attached hydrogen (secondary N) is 2. The van der Waals surface area contributed by atoms with Crippen molar-refractivity contribution in [2.45, 2.75) is 52.0 Å². The normalized spacial score (nSPS) is 16.1. The molecule has 0 aromatic heterocycles. The van der Waals surface area contributed by atoms with Gasteiger partial charge in [0.15, 0.2) is 0 Å². The van der Waals surface area contributed by atoms with E-state index in [1.54, 1.807) is 4.90 Å². The quantitative estimate of drug-likeness (QED) is 0.721. The number of rotatable bonds is 7. The molecule has 0 spiro atoms. The molecule has 5 nitrogen and oxygen atoms in total. The number of carbonyl (C=O) groups excluding carboxylic acids is 2. The van der Waals surface area contributed by atoms with Crippen molar-refractivity contribution in [1.82, 2.24) is 15.5 Å². The van der Waals surface area contributed by atoms with Crippen LogP contribution in [0.25, 0.3) is 0 Å². The summed E-state index contributed by atoms with van der Waals surface area (Å²) in [5.41, 5.74) is 0. The lowest BCUT2D eigenvalue weighted by Crippen LogP contribution is -2.44. The molecule has 0 unspecified atom stereocenters. The summed E-state index contributed by atoms with van der Waals surface area (Å²) < 4.78 is 0. The van der Waals surface area contributed by atoms with Crippen molar-refractivity contribution in [3.05, 3.63) is 0 Å². The summed E-state index contributed by atoms with van der Waals surface area (Å²) in [5.74, 6) is 0.0507. The SMILES string of the molecule is CCN(CC)C(=O)CNCC(=O)NC1CCCCC1. The fourth-order valence-corrected chi connectivity index (χ4v) is 2.50. The van der Waals surface area contributed by atoms with Gasteiger partial charge in [0.05, 0.1) is 13.1 Å². The van der Waals surface area contributed by atoms with Gasteiger partial charge in [0, 0.05) is 19.1 Å². The molecule has 0 atom stereocenters. The molecule has 1 aliphatic carbocycles. The van der Waals surface area contributed by atoms with Crippen molar-refractivity contribution in [2.75, 3.05) is 26.2 Å². The number of likely N-dealkylation sites (N-methyl/N-ethyl adjacent to an activating group) is 1. The van der Waals surface area contributed by atoms with Crippen LogP contribution in [0.5, 0.6) is 0 Å². The van der Waals surface area contributed by atoms with Gasteiger partial charge in [-0.05, 0) is 26.7 Å². The third-order valence-corrected chi connectivity index (χ3v) is 3.65. The predicted octanol–water partition coefficient (Wildman–Crippen LogP) is 0.893. The summed E-state index contributed by atoms with van der Waals surface area (Å²) in [6.07, 6.45) is 5.87. The van der Waals surface area contributed by atoms with Crippen LogP contribution in [0.4, 0.5) is 0 Å². The van der Waals surface area contributed by atoms with Gasteiger partial charge in [-0.2, -0.15) is 0 Å². The first-order chi connectivity index (χ1) is 9.17. The minimum atomic E-state index is -0.000697. The molecule has 1 fully saturated rings. The molecule has 0 saturated heterocycles. The van der Waals surface area contributed by atoms with Crippen LogP contribution in [-0.2, 0) is 9.59 Å². The Labute approximate surface area is 116 Å². The topological polar surface area (TPSA) is 61.4 Å². The van der Waals surface area contributed by atoms with E-state index in [0.29, 0.717) is 19.1 Å². The molecule has 1 saturated carbocycles. The summed E-state index contributed by atoms with van der Waals surface area (Å²) >= 11 is 0. The average Bonchev–Trinajstić information content (AvgIpc) is 2.41. The van der Waals surface area contributed by atoms with E-state index >= 15 is 0 Å². The largest absolute Gasteiger partial charge is 0.352 e. The van der Waals surface area contributed by atoms with Gasteiger partial charge in [-0.3, -0.25) is 14.9 Å². The van der Waals surface area contributed by atoms with Crippen LogP contribution in [0, 0.1) is 0 Å². The first-order valence-corrected chi connectivity index (χ1v) is 7.45. The van der Waals surface area contributed by atoms with Crippen molar-refractivity contribution in [1.29, 1.82) is 0 Å². The predicted molar refractivity (Wildman–Crippen MR) is 75.8 cm³/mol. The van der Waals surface area contributed by atoms with Crippen molar-refractivity contribution >= 4 is 11.8 Å². The summed E-state index contributed by atoms with van der Waals surface area (Å²) in [4.78, 5) is 25.2. The van der Waals surface area contributed by atoms with E-state index in [0.717, 1.165) is 12.8 Å². The molecule has 2 amide bonds. The first-order valence-electron chi connectivity index (χ1n) is 7.45. The van der Waals surface area contributed by atoms with Crippen LogP contribution in [-0.4, -0.2) is 48.9 Å². The van der Waals surface area contributed by atoms with Gasteiger partial charge in [-0.15, -0.1) is 0 Å². The fourth-order valence-electron chi connectivity index (χ4n) is 2.50. The van der Waals surface area contributed by atoms with Crippen LogP contribution in [0.15, 0.2) is 0 Å². The van der Waals surface area contributed by atoms with E-state index in [-0.39, 0.29) is 24.9 Å². The lowest BCUT2D eigenvalue weighted by atomic mass is 9.95. The van der Waals surface area contributed by atoms with Gasteiger partial charge in [0.1, 0.15) is 0 Å². The second-order valence-electron chi connectivity index (χ2n) is 5.07. The fraction of sp³-hybridized carbons (Fsp3) is 0.857. The number of nitrogens with zero attached hydrogens (tertiary/aromatic N) is 1. The van der Waals surface area contributed by atoms with Gasteiger partial charge in [0.2, 0.25) is 11.8 Å². The third kappa shape index (κ3) is 6.05. The van der Waals surface area contributed by atoms with Crippen LogP contribution >= 0.6 is 0 Å². The molecular formula is C14H27N3O2. The van der Waals surface area contributed by atoms with Gasteiger partial charge in [0.25, 0.3) is 0 Å². The minimum absolute atomic E-state index is 0.000697. The van der Waals surface area contributed by atoms with Crippen molar-refractivity contribution < 1.29 is 9.59 Å². The molecule has 1 aliphatic rings. The van der Waals surface area contributed by atoms with E-state index in [4.69, 9.17) is 0 Å². The molecule has 0 bridgehead atoms. The van der Waals surface area contributed by atoms with E-state index in [1.165, 1.54) is 19.3 Å². The lowest BCUT2D eigenvalue weighted by Gasteiger charge is -2.23. The highest BCUT2D eigenvalue weighted by molar-refractivity contribution is 5.81. The molecule has 110 valence electrons. The number of hydrogen-bond donors (Lipinski definition) is 2. The summed E-state index contributed by atoms with van der Waals surface area (Å²) in [6.45, 7) is 5.80. The Hall–Kier alpha value is -1.10. The van der Waals surface area contributed by atoms with Crippen LogP contribution in [0.1, 0.15) is 46.0 Å². The highest BCUT2D eigenvalue weighted by Gasteiger charge is 2.15. The Morgan fingerprint density at radius 1 is 1.05 bits per heavy atom. The number of hydrogen-bond acceptors (Lipinski definition) is 3. The highest BCUT2D eigenvalue weighted by atomic mass is 16.2. The van der Waals surface area contributed by atoms with E-state index < -0.39 is 0 Å². The van der Waals surface area contributed by atoms with Crippen molar-refractivity contribution in [3.8, 4) is 0 Å². The van der Waals surface area contributed by atoms with E-state index in [9.17, 15) is 9.59 Å². The zero-order chi connectivity index (χ0) is 14.1. The molecule has 0 aromatic carbocycles. The molecule has 0 heterocycles. The second kappa shape index (κ2) is 8.91. The monoisotopic (exact) mass is 269 g/mol. The zero-order valence-corrected chi connectivity index (χ0v) is 12.2. The van der Waals surface area contributed by atoms with Gasteiger partial charge >= 0.3 is 0 Å². The van der Waals surface area contributed by atoms with Gasteiger partial charge in [-0.1, -0.05) is 19.3 Å². The van der Waals surface area contributed by atoms with Crippen molar-refractivity contribution in [3.63, 3.8) is 0 Å². The Kier molecular flexibility index (Phi) is 7.48. The number of amides is 2. The van der Waals surface area contributed by atoms with Gasteiger partial charge < -0.3 is 10.2 Å². The Balaban J connectivity index is 2.14. The standard InChI is InChI=1S/C14H27N3O2/c1-3-17(4-2)14(19)11-15-10-13(18)16-12-8-6-5-7-9-12/h12,15H,3-11H2,1-2H3,(H,16,18). The molecule has 19 heavy (non-hydrogen) atoms. The van der Waals surface area contributed by atoms with E-state index in [2.05, 4.69) is 10.6 Å². The lowest BCUT2D eigenvalue weighted by molar-refractivity contribution is -0.129. The second-order valence-corrected chi connectivity index (χ2v) is 5.07. The molecular weight excluding hydrogens is 242 g/mol. The number of carbonyl (C=O) groups is 2. The summed E-state index contributed by atoms with van der Waals surface area (Å²) in [7, 11) is 0. The Morgan fingerprint density at radius 2 is 1.68 bits per heavy atom. The summed E-state index contributed by atoms with van der Waals surface area (Å²) in [5, 5.41) is 5.94. The third-order valence-electron chi connectivity index (χ3n) is 3.65. The smallest absolute Gasteiger partial charge is 0.236 e. The van der Waals surface area contributed by atoms with Crippen molar-refractivity contribution in [2.24, 2.45) is 0 Å². The molecule has 0 aliphatic heterocycles. The molecule has 1 rings (SSSR count). The maximum Gasteiger partial charge on any atom is 0.236 e. The summed E-state index contributed by atoms with van der Waals surface area (Å²) in [6, 6.07) is 0.335. The Bertz CT molecular complexity index is 284. The maximum atomic E-state index is 11.7. The van der Waals surface area contributed by atoms with Crippen LogP contribution < -0.4 is 10.6 Å². The molecule has 0 aromatic rings. The maximum absolute atomic E-state index is 11.7. The average molecular weight is 269 g/mol. The molecule has 0 radical (unpaired) electrons. The minimum Gasteiger partial charge on any atom is -0.352 e. The molecule has 2 N–H and O–H groups in total. The van der Waals surface area contributed by atoms with Crippen LogP contribution in [0.2, 0.25) is 0 Å². The van der Waals surface area contributed by atoms with Gasteiger partial charge in [-0.25, -0.2) is 0 Å². The van der Waals surface area contributed by atoms with Crippen LogP contribution in [0.3, 0.4) is 0 Å². The highest BCUT2D eigenvalue weighted by Crippen LogP contribution is 2.16. The zero-order valence-electron chi connectivity index (χ0n) is 12.2. The van der Waals surface area contributed by atoms with E-state index in [1.807, 2.05) is 13.8 Å². The molecule has 5 heteroatoms. The Morgan fingerprint density at radius 3 is 2.26 bits per heavy atom.